The van der Waals surface area contributed by atoms with Crippen LogP contribution in [0.5, 0.6) is 0 Å². The molecular weight excluding hydrogens is 249 g/mol. The van der Waals surface area contributed by atoms with Crippen molar-refractivity contribution in [2.45, 2.75) is 63.4 Å². The Morgan fingerprint density at radius 2 is 1.43 bits per heavy atom. The molecule has 0 heterocycles. The summed E-state index contributed by atoms with van der Waals surface area (Å²) in [5, 5.41) is 0. The molecule has 114 valence electrons. The summed E-state index contributed by atoms with van der Waals surface area (Å²) >= 11 is 2.36. The van der Waals surface area contributed by atoms with Crippen LogP contribution in [0.2, 0.25) is 0 Å². The average Bonchev–Trinajstić information content (AvgIpc) is 2.53. The van der Waals surface area contributed by atoms with E-state index in [1.54, 1.807) is 0 Å². The van der Waals surface area contributed by atoms with Crippen molar-refractivity contribution < 1.29 is 0 Å². The summed E-state index contributed by atoms with van der Waals surface area (Å²) in [4.78, 5) is 2.68. The third-order valence-electron chi connectivity index (χ3n) is 4.39. The van der Waals surface area contributed by atoms with Crippen molar-refractivity contribution in [1.29, 1.82) is 0 Å². The molecule has 0 saturated heterocycles. The number of hydrogen-bond donors (Lipinski definition) is 0. The molecular formula is C19H32LiN. The van der Waals surface area contributed by atoms with Gasteiger partial charge in [-0.25, -0.2) is 0 Å². The summed E-state index contributed by atoms with van der Waals surface area (Å²) in [5.74, 6) is 0. The van der Waals surface area contributed by atoms with Gasteiger partial charge in [0.2, 0.25) is 0 Å². The van der Waals surface area contributed by atoms with Crippen molar-refractivity contribution in [3.63, 3.8) is 0 Å². The van der Waals surface area contributed by atoms with Crippen LogP contribution in [0.4, 0.5) is 0 Å². The van der Waals surface area contributed by atoms with Crippen LogP contribution in [-0.4, -0.2) is 42.2 Å². The number of unbranched alkanes of at least 4 members (excludes halogenated alkanes) is 3. The molecule has 1 unspecified atom stereocenters. The predicted molar refractivity (Wildman–Crippen MR) is 95.0 cm³/mol. The summed E-state index contributed by atoms with van der Waals surface area (Å²) in [5.41, 5.74) is 1.49. The van der Waals surface area contributed by atoms with E-state index < -0.39 is 0 Å². The molecule has 0 aliphatic heterocycles. The molecule has 2 heteroatoms. The van der Waals surface area contributed by atoms with Gasteiger partial charge in [0.1, 0.15) is 0 Å². The third kappa shape index (κ3) is 8.72. The molecule has 0 aliphatic rings. The Morgan fingerprint density at radius 1 is 0.857 bits per heavy atom. The molecule has 0 saturated carbocycles. The van der Waals surface area contributed by atoms with E-state index in [0.717, 1.165) is 0 Å². The molecule has 0 amide bonds. The topological polar surface area (TPSA) is 3.24 Å². The van der Waals surface area contributed by atoms with Gasteiger partial charge >= 0.3 is 142 Å². The molecule has 1 aromatic rings. The van der Waals surface area contributed by atoms with Gasteiger partial charge in [-0.1, -0.05) is 0 Å². The van der Waals surface area contributed by atoms with Gasteiger partial charge in [0, 0.05) is 0 Å². The van der Waals surface area contributed by atoms with Gasteiger partial charge in [-0.3, -0.25) is 0 Å². The van der Waals surface area contributed by atoms with Gasteiger partial charge in [-0.05, 0) is 0 Å². The first kappa shape index (κ1) is 18.8. The molecule has 1 nitrogen and oxygen atoms in total. The molecule has 21 heavy (non-hydrogen) atoms. The van der Waals surface area contributed by atoms with Gasteiger partial charge in [0.15, 0.2) is 0 Å². The minimum atomic E-state index is 0.700. The first-order valence-electron chi connectivity index (χ1n) is 9.05. The van der Waals surface area contributed by atoms with Crippen molar-refractivity contribution in [1.82, 2.24) is 4.90 Å². The summed E-state index contributed by atoms with van der Waals surface area (Å²) < 4.78 is 0.700. The molecule has 0 radical (unpaired) electrons. The van der Waals surface area contributed by atoms with E-state index in [-0.39, 0.29) is 0 Å². The Morgan fingerprint density at radius 3 is 2.00 bits per heavy atom. The first-order chi connectivity index (χ1) is 10.3. The van der Waals surface area contributed by atoms with Crippen LogP contribution in [-0.2, 0) is 0 Å². The van der Waals surface area contributed by atoms with Crippen LogP contribution in [0.1, 0.15) is 68.9 Å². The van der Waals surface area contributed by atoms with Crippen LogP contribution in [0.25, 0.3) is 0 Å². The second-order valence-corrected chi connectivity index (χ2v) is 6.36. The van der Waals surface area contributed by atoms with Gasteiger partial charge in [0.05, 0.1) is 0 Å². The van der Waals surface area contributed by atoms with Crippen LogP contribution in [0.15, 0.2) is 30.3 Å². The number of hydrogen-bond acceptors (Lipinski definition) is 1. The van der Waals surface area contributed by atoms with Crippen molar-refractivity contribution in [2.24, 2.45) is 0 Å². The first-order valence-corrected chi connectivity index (χ1v) is 9.05. The molecule has 0 aliphatic carbocycles. The third-order valence-corrected chi connectivity index (χ3v) is 4.39. The monoisotopic (exact) mass is 281 g/mol. The molecule has 1 aromatic carbocycles. The Hall–Kier alpha value is -0.223. The van der Waals surface area contributed by atoms with E-state index >= 15 is 0 Å². The zero-order valence-electron chi connectivity index (χ0n) is 14.5. The maximum atomic E-state index is 2.68. The Bertz CT molecular complexity index is 331. The summed E-state index contributed by atoms with van der Waals surface area (Å²) in [6.45, 7) is 8.47. The van der Waals surface area contributed by atoms with Crippen LogP contribution in [0, 0.1) is 0 Å². The quantitative estimate of drug-likeness (QED) is 0.386. The Kier molecular flexibility index (Phi) is 11.1. The fraction of sp³-hybridized carbons (Fsp3) is 0.684. The molecule has 0 spiro atoms. The second-order valence-electron chi connectivity index (χ2n) is 6.36. The Labute approximate surface area is 141 Å². The fourth-order valence-corrected chi connectivity index (χ4v) is 2.83. The molecule has 1 rings (SSSR count). The van der Waals surface area contributed by atoms with Gasteiger partial charge < -0.3 is 0 Å². The predicted octanol–water partition coefficient (Wildman–Crippen LogP) is 4.97. The standard InChI is InChI=1S/C19H32N.Li/c1-3-5-16-20(17-6-4-2)18-12-8-11-15-19-13-9-7-10-14-19;/h7,9-10,13-15H,3-6,8,11-12,16-18H2,1-2H3;. The molecule has 0 fully saturated rings. The second kappa shape index (κ2) is 12.3. The van der Waals surface area contributed by atoms with Gasteiger partial charge in [0.25, 0.3) is 0 Å². The van der Waals surface area contributed by atoms with Crippen LogP contribution >= 0.6 is 0 Å². The van der Waals surface area contributed by atoms with Crippen molar-refractivity contribution in [3.8, 4) is 0 Å². The number of benzene rings is 1. The average molecular weight is 281 g/mol. The summed E-state index contributed by atoms with van der Waals surface area (Å²) in [6, 6.07) is 10.9. The van der Waals surface area contributed by atoms with E-state index in [1.165, 1.54) is 70.1 Å². The van der Waals surface area contributed by atoms with E-state index in [0.29, 0.717) is 4.59 Å². The SMILES string of the molecule is [Li][CH](CCCCN(CCCC)CCCC)c1ccccc1. The zero-order valence-corrected chi connectivity index (χ0v) is 14.5. The zero-order chi connectivity index (χ0) is 15.3. The molecule has 0 bridgehead atoms. The summed E-state index contributed by atoms with van der Waals surface area (Å²) in [6.07, 6.45) is 9.35. The molecule has 0 aromatic heterocycles. The fourth-order valence-electron chi connectivity index (χ4n) is 2.83. The van der Waals surface area contributed by atoms with Gasteiger partial charge in [-0.2, -0.15) is 0 Å². The summed E-state index contributed by atoms with van der Waals surface area (Å²) in [7, 11) is 0. The Balaban J connectivity index is 2.20. The van der Waals surface area contributed by atoms with Crippen molar-refractivity contribution in [2.75, 3.05) is 19.6 Å². The minimum absolute atomic E-state index is 0.700. The van der Waals surface area contributed by atoms with E-state index in [9.17, 15) is 0 Å². The molecule has 0 N–H and O–H groups in total. The van der Waals surface area contributed by atoms with Crippen LogP contribution in [0.3, 0.4) is 0 Å². The van der Waals surface area contributed by atoms with Crippen molar-refractivity contribution >= 4 is 17.7 Å². The number of rotatable bonds is 12. The maximum absolute atomic E-state index is 2.68. The number of nitrogens with zero attached hydrogens (tertiary/aromatic N) is 1. The molecule has 1 atom stereocenters. The normalized spacial score (nSPS) is 12.8. The van der Waals surface area contributed by atoms with E-state index in [1.807, 2.05) is 0 Å². The van der Waals surface area contributed by atoms with E-state index in [2.05, 4.69) is 66.8 Å². The van der Waals surface area contributed by atoms with E-state index in [4.69, 9.17) is 0 Å². The van der Waals surface area contributed by atoms with Gasteiger partial charge in [-0.15, -0.1) is 0 Å². The van der Waals surface area contributed by atoms with Crippen LogP contribution < -0.4 is 0 Å². The van der Waals surface area contributed by atoms with Crippen molar-refractivity contribution in [3.05, 3.63) is 35.9 Å².